The molecule has 6 nitrogen and oxygen atoms in total. The molecule has 0 fully saturated rings. The zero-order chi connectivity index (χ0) is 15.4. The van der Waals surface area contributed by atoms with E-state index in [-0.39, 0.29) is 24.0 Å². The summed E-state index contributed by atoms with van der Waals surface area (Å²) in [5.41, 5.74) is 4.30. The molecule has 1 heterocycles. The van der Waals surface area contributed by atoms with Gasteiger partial charge in [0.15, 0.2) is 5.96 Å². The van der Waals surface area contributed by atoms with E-state index in [0.29, 0.717) is 6.54 Å². The molecule has 124 valence electrons. The third-order valence-electron chi connectivity index (χ3n) is 4.07. The fourth-order valence-corrected chi connectivity index (χ4v) is 2.78. The van der Waals surface area contributed by atoms with Gasteiger partial charge in [-0.3, -0.25) is 9.67 Å². The topological polar surface area (TPSA) is 67.1 Å². The van der Waals surface area contributed by atoms with Crippen LogP contribution in [0.25, 0.3) is 0 Å². The van der Waals surface area contributed by atoms with E-state index in [1.807, 2.05) is 7.05 Å². The predicted octanol–water partition coefficient (Wildman–Crippen LogP) is 1.79. The molecule has 0 saturated carbocycles. The molecule has 0 aliphatic heterocycles. The van der Waals surface area contributed by atoms with Gasteiger partial charge in [-0.05, 0) is 36.0 Å². The van der Waals surface area contributed by atoms with Crippen molar-refractivity contribution in [2.75, 3.05) is 7.05 Å². The molecule has 1 aromatic carbocycles. The highest BCUT2D eigenvalue weighted by atomic mass is 127. The number of hydrogen-bond donors (Lipinski definition) is 2. The lowest BCUT2D eigenvalue weighted by Gasteiger charge is -2.12. The summed E-state index contributed by atoms with van der Waals surface area (Å²) in [5.74, 6) is 1.64. The minimum atomic E-state index is 0. The molecule has 23 heavy (non-hydrogen) atoms. The summed E-state index contributed by atoms with van der Waals surface area (Å²) in [6.45, 7) is 1.37. The quantitative estimate of drug-likeness (QED) is 0.445. The van der Waals surface area contributed by atoms with Gasteiger partial charge >= 0.3 is 0 Å². The Labute approximate surface area is 153 Å². The molecule has 0 saturated heterocycles. The average Bonchev–Trinajstić information content (AvgIpc) is 3.15. The number of aliphatic imine (C=N–C) groups is 1. The van der Waals surface area contributed by atoms with Gasteiger partial charge in [0, 0.05) is 20.6 Å². The van der Waals surface area contributed by atoms with Crippen LogP contribution in [0.2, 0.25) is 0 Å². The number of hydrogen-bond acceptors (Lipinski definition) is 3. The number of fused-ring (bicyclic) bond motifs is 1. The zero-order valence-electron chi connectivity index (χ0n) is 13.5. The van der Waals surface area contributed by atoms with Crippen molar-refractivity contribution in [3.63, 3.8) is 0 Å². The lowest BCUT2D eigenvalue weighted by atomic mass is 10.1. The van der Waals surface area contributed by atoms with Gasteiger partial charge in [0.25, 0.3) is 0 Å². The molecule has 3 rings (SSSR count). The Morgan fingerprint density at radius 2 is 2.00 bits per heavy atom. The molecule has 1 aromatic heterocycles. The monoisotopic (exact) mass is 426 g/mol. The fraction of sp³-hybridized carbons (Fsp3) is 0.438. The van der Waals surface area contributed by atoms with Gasteiger partial charge in [-0.15, -0.1) is 24.0 Å². The van der Waals surface area contributed by atoms with E-state index in [1.165, 1.54) is 36.0 Å². The van der Waals surface area contributed by atoms with Crippen LogP contribution in [0.15, 0.2) is 29.5 Å². The number of guanidine groups is 1. The first-order valence-corrected chi connectivity index (χ1v) is 7.64. The summed E-state index contributed by atoms with van der Waals surface area (Å²) in [5, 5.41) is 10.6. The van der Waals surface area contributed by atoms with Crippen LogP contribution in [0.4, 0.5) is 0 Å². The number of nitrogens with one attached hydrogen (secondary N) is 2. The van der Waals surface area contributed by atoms with Gasteiger partial charge in [-0.25, -0.2) is 4.98 Å². The number of rotatable bonds is 4. The highest BCUT2D eigenvalue weighted by Gasteiger charge is 2.10. The first kappa shape index (κ1) is 17.7. The normalized spacial score (nSPS) is 13.4. The Balaban J connectivity index is 0.00000192. The third kappa shape index (κ3) is 4.43. The minimum Gasteiger partial charge on any atom is -0.352 e. The van der Waals surface area contributed by atoms with E-state index in [4.69, 9.17) is 0 Å². The summed E-state index contributed by atoms with van der Waals surface area (Å²) in [6.07, 6.45) is 5.27. The molecule has 0 unspecified atom stereocenters. The van der Waals surface area contributed by atoms with Crippen LogP contribution in [-0.2, 0) is 33.0 Å². The van der Waals surface area contributed by atoms with E-state index >= 15 is 0 Å². The lowest BCUT2D eigenvalue weighted by molar-refractivity contribution is 0.672. The van der Waals surface area contributed by atoms with Crippen LogP contribution in [0.5, 0.6) is 0 Å². The second-order valence-corrected chi connectivity index (χ2v) is 5.54. The molecule has 2 aromatic rings. The van der Waals surface area contributed by atoms with Crippen LogP contribution in [0, 0.1) is 0 Å². The largest absolute Gasteiger partial charge is 0.352 e. The molecular weight excluding hydrogens is 403 g/mol. The van der Waals surface area contributed by atoms with Gasteiger partial charge in [0.05, 0.1) is 6.54 Å². The Bertz CT molecular complexity index is 679. The van der Waals surface area contributed by atoms with Crippen molar-refractivity contribution in [1.82, 2.24) is 25.4 Å². The molecule has 0 atom stereocenters. The number of nitrogens with zero attached hydrogens (tertiary/aromatic N) is 4. The van der Waals surface area contributed by atoms with E-state index in [0.717, 1.165) is 18.3 Å². The van der Waals surface area contributed by atoms with E-state index in [1.54, 1.807) is 18.1 Å². The average molecular weight is 426 g/mol. The van der Waals surface area contributed by atoms with Crippen molar-refractivity contribution in [2.45, 2.75) is 32.4 Å². The second kappa shape index (κ2) is 8.28. The van der Waals surface area contributed by atoms with Crippen LogP contribution in [-0.4, -0.2) is 27.8 Å². The molecule has 1 aliphatic rings. The van der Waals surface area contributed by atoms with Crippen LogP contribution >= 0.6 is 24.0 Å². The van der Waals surface area contributed by atoms with Gasteiger partial charge in [0.1, 0.15) is 12.2 Å². The van der Waals surface area contributed by atoms with Gasteiger partial charge in [-0.2, -0.15) is 5.10 Å². The molecule has 7 heteroatoms. The molecule has 2 N–H and O–H groups in total. The SMILES string of the molecule is CN=C(NCc1ccc2c(c1)CCC2)NCc1ncnn1C.I. The minimum absolute atomic E-state index is 0. The Hall–Kier alpha value is -1.64. The highest BCUT2D eigenvalue weighted by molar-refractivity contribution is 14.0. The van der Waals surface area contributed by atoms with Crippen molar-refractivity contribution >= 4 is 29.9 Å². The first-order chi connectivity index (χ1) is 10.8. The van der Waals surface area contributed by atoms with Crippen molar-refractivity contribution in [1.29, 1.82) is 0 Å². The second-order valence-electron chi connectivity index (χ2n) is 5.54. The fourth-order valence-electron chi connectivity index (χ4n) is 2.78. The first-order valence-electron chi connectivity index (χ1n) is 7.64. The molecule has 0 amide bonds. The molecule has 0 bridgehead atoms. The van der Waals surface area contributed by atoms with Crippen LogP contribution in [0.1, 0.15) is 28.9 Å². The zero-order valence-corrected chi connectivity index (χ0v) is 15.9. The summed E-state index contributed by atoms with van der Waals surface area (Å²) in [4.78, 5) is 8.43. The molecule has 1 aliphatic carbocycles. The number of benzene rings is 1. The van der Waals surface area contributed by atoms with Crippen molar-refractivity contribution < 1.29 is 0 Å². The number of halogens is 1. The van der Waals surface area contributed by atoms with E-state index in [9.17, 15) is 0 Å². The summed E-state index contributed by atoms with van der Waals surface area (Å²) < 4.78 is 1.75. The smallest absolute Gasteiger partial charge is 0.191 e. The third-order valence-corrected chi connectivity index (χ3v) is 4.07. The molecule has 0 spiro atoms. The standard InChI is InChI=1S/C16H22N6.HI/c1-17-16(19-10-15-20-11-21-22(15)2)18-9-12-6-7-13-4-3-5-14(13)8-12;/h6-8,11H,3-5,9-10H2,1-2H3,(H2,17,18,19);1H. The van der Waals surface area contributed by atoms with E-state index < -0.39 is 0 Å². The van der Waals surface area contributed by atoms with Crippen molar-refractivity contribution in [2.24, 2.45) is 12.0 Å². The predicted molar refractivity (Wildman–Crippen MR) is 102 cm³/mol. The lowest BCUT2D eigenvalue weighted by Crippen LogP contribution is -2.36. The highest BCUT2D eigenvalue weighted by Crippen LogP contribution is 2.22. The number of aromatic nitrogens is 3. The summed E-state index contributed by atoms with van der Waals surface area (Å²) in [6, 6.07) is 6.77. The summed E-state index contributed by atoms with van der Waals surface area (Å²) >= 11 is 0. The van der Waals surface area contributed by atoms with Crippen molar-refractivity contribution in [3.05, 3.63) is 47.0 Å². The Kier molecular flexibility index (Phi) is 6.37. The van der Waals surface area contributed by atoms with E-state index in [2.05, 4.69) is 43.9 Å². The van der Waals surface area contributed by atoms with Crippen LogP contribution < -0.4 is 10.6 Å². The maximum atomic E-state index is 4.24. The Morgan fingerprint density at radius 3 is 2.74 bits per heavy atom. The molecular formula is C16H23IN6. The maximum Gasteiger partial charge on any atom is 0.191 e. The van der Waals surface area contributed by atoms with Crippen LogP contribution in [0.3, 0.4) is 0 Å². The molecule has 0 radical (unpaired) electrons. The Morgan fingerprint density at radius 1 is 1.22 bits per heavy atom. The number of aryl methyl sites for hydroxylation is 3. The van der Waals surface area contributed by atoms with Gasteiger partial charge in [-0.1, -0.05) is 18.2 Å². The van der Waals surface area contributed by atoms with Gasteiger partial charge in [0.2, 0.25) is 0 Å². The summed E-state index contributed by atoms with van der Waals surface area (Å²) in [7, 11) is 3.65. The van der Waals surface area contributed by atoms with Gasteiger partial charge < -0.3 is 10.6 Å². The van der Waals surface area contributed by atoms with Crippen molar-refractivity contribution in [3.8, 4) is 0 Å². The maximum absolute atomic E-state index is 4.24.